The van der Waals surface area contributed by atoms with Crippen molar-refractivity contribution in [1.29, 1.82) is 0 Å². The number of nitro groups is 1. The molecule has 1 atom stereocenters. The number of halogens is 1. The summed E-state index contributed by atoms with van der Waals surface area (Å²) in [4.78, 5) is 32.9. The number of anilines is 1. The topological polar surface area (TPSA) is 130 Å². The zero-order valence-corrected chi connectivity index (χ0v) is 15.4. The molecule has 2 aromatic carbocycles. The van der Waals surface area contributed by atoms with Gasteiger partial charge in [-0.1, -0.05) is 23.7 Å². The van der Waals surface area contributed by atoms with Gasteiger partial charge in [-0.2, -0.15) is 11.8 Å². The van der Waals surface area contributed by atoms with Crippen molar-refractivity contribution in [2.24, 2.45) is 0 Å². The van der Waals surface area contributed by atoms with E-state index in [4.69, 9.17) is 16.7 Å². The molecule has 2 rings (SSSR count). The molecule has 0 saturated carbocycles. The summed E-state index contributed by atoms with van der Waals surface area (Å²) in [6.45, 7) is 0. The van der Waals surface area contributed by atoms with Crippen molar-refractivity contribution in [2.45, 2.75) is 11.8 Å². The third-order valence-corrected chi connectivity index (χ3v) is 4.85. The number of aromatic carboxylic acids is 1. The average Bonchev–Trinajstić information content (AvgIpc) is 2.60. The fourth-order valence-corrected chi connectivity index (χ4v) is 3.43. The summed E-state index contributed by atoms with van der Waals surface area (Å²) in [5.74, 6) is -1.83. The molecular formula is C17H15ClN2O6S. The van der Waals surface area contributed by atoms with Crippen molar-refractivity contribution in [3.8, 4) is 0 Å². The minimum atomic E-state index is -1.31. The molecule has 0 aliphatic heterocycles. The molecule has 2 aromatic rings. The van der Waals surface area contributed by atoms with Gasteiger partial charge in [0.25, 0.3) is 5.69 Å². The van der Waals surface area contributed by atoms with E-state index >= 15 is 0 Å². The third kappa shape index (κ3) is 5.87. The van der Waals surface area contributed by atoms with Gasteiger partial charge in [0.1, 0.15) is 11.7 Å². The Morgan fingerprint density at radius 1 is 1.22 bits per heavy atom. The molecule has 0 spiro atoms. The molecule has 0 aliphatic rings. The van der Waals surface area contributed by atoms with Crippen LogP contribution in [0.5, 0.6) is 0 Å². The average molecular weight is 411 g/mol. The highest BCUT2D eigenvalue weighted by Gasteiger charge is 2.23. The summed E-state index contributed by atoms with van der Waals surface area (Å²) in [6, 6.07) is 9.32. The minimum absolute atomic E-state index is 0.0549. The second kappa shape index (κ2) is 9.24. The number of rotatable bonds is 9. The number of hydrogen-bond acceptors (Lipinski definition) is 6. The monoisotopic (exact) mass is 410 g/mol. The zero-order valence-electron chi connectivity index (χ0n) is 13.8. The van der Waals surface area contributed by atoms with Crippen molar-refractivity contribution in [3.05, 3.63) is 68.7 Å². The second-order valence-electron chi connectivity index (χ2n) is 5.47. The Balaban J connectivity index is 2.10. The van der Waals surface area contributed by atoms with Crippen LogP contribution < -0.4 is 5.32 Å². The van der Waals surface area contributed by atoms with Crippen LogP contribution in [0.3, 0.4) is 0 Å². The first-order valence-electron chi connectivity index (χ1n) is 7.61. The Labute approximate surface area is 163 Å². The smallest absolute Gasteiger partial charge is 0.335 e. The van der Waals surface area contributed by atoms with Crippen LogP contribution >= 0.6 is 23.4 Å². The first-order chi connectivity index (χ1) is 12.8. The molecule has 0 saturated heterocycles. The fraction of sp³-hybridized carbons (Fsp3) is 0.176. The molecule has 0 heterocycles. The number of hydrogen-bond donors (Lipinski definition) is 3. The number of carboxylic acids is 2. The van der Waals surface area contributed by atoms with Crippen LogP contribution in [0.1, 0.15) is 15.9 Å². The second-order valence-corrected chi connectivity index (χ2v) is 6.94. The molecule has 0 bridgehead atoms. The third-order valence-electron chi connectivity index (χ3n) is 3.51. The summed E-state index contributed by atoms with van der Waals surface area (Å²) in [5, 5.41) is 32.7. The van der Waals surface area contributed by atoms with Gasteiger partial charge in [0.05, 0.1) is 10.5 Å². The van der Waals surface area contributed by atoms with Crippen LogP contribution in [0.15, 0.2) is 42.5 Å². The highest BCUT2D eigenvalue weighted by molar-refractivity contribution is 7.98. The normalized spacial score (nSPS) is 11.6. The molecule has 0 radical (unpaired) electrons. The first-order valence-corrected chi connectivity index (χ1v) is 9.14. The molecule has 0 unspecified atom stereocenters. The van der Waals surface area contributed by atoms with Crippen molar-refractivity contribution >= 4 is 46.7 Å². The van der Waals surface area contributed by atoms with Crippen molar-refractivity contribution < 1.29 is 24.7 Å². The summed E-state index contributed by atoms with van der Waals surface area (Å²) in [5.41, 5.74) is 0.115. The lowest BCUT2D eigenvalue weighted by Crippen LogP contribution is -2.32. The lowest BCUT2D eigenvalue weighted by atomic mass is 10.1. The van der Waals surface area contributed by atoms with Gasteiger partial charge in [-0.3, -0.25) is 10.1 Å². The Morgan fingerprint density at radius 3 is 2.56 bits per heavy atom. The standard InChI is InChI=1S/C17H15ClN2O6S/c18-12-3-1-2-10(6-12)8-27-9-14(17(23)24)19-13-5-4-11(16(21)22)7-15(13)20(25)26/h1-7,14,19H,8-9H2,(H,21,22)(H,23,24)/t14-/m1/s1. The molecule has 142 valence electrons. The molecule has 10 heteroatoms. The Kier molecular flexibility index (Phi) is 7.03. The maximum atomic E-state index is 11.5. The fourth-order valence-electron chi connectivity index (χ4n) is 2.22. The Hall–Kier alpha value is -2.78. The molecule has 0 amide bonds. The maximum Gasteiger partial charge on any atom is 0.335 e. The number of benzene rings is 2. The number of carbonyl (C=O) groups is 2. The van der Waals surface area contributed by atoms with E-state index in [0.717, 1.165) is 11.6 Å². The molecule has 8 nitrogen and oxygen atoms in total. The molecular weight excluding hydrogens is 396 g/mol. The predicted molar refractivity (Wildman–Crippen MR) is 103 cm³/mol. The van der Waals surface area contributed by atoms with E-state index in [1.807, 2.05) is 6.07 Å². The first kappa shape index (κ1) is 20.5. The van der Waals surface area contributed by atoms with Gasteiger partial charge in [-0.25, -0.2) is 9.59 Å². The summed E-state index contributed by atoms with van der Waals surface area (Å²) < 4.78 is 0. The number of thioether (sulfide) groups is 1. The van der Waals surface area contributed by atoms with Crippen LogP contribution in [0, 0.1) is 10.1 Å². The SMILES string of the molecule is O=C(O)c1ccc(N[C@H](CSCc2cccc(Cl)c2)C(=O)O)c([N+](=O)[O-])c1. The quantitative estimate of drug-likeness (QED) is 0.421. The van der Waals surface area contributed by atoms with Crippen LogP contribution in [0.25, 0.3) is 0 Å². The summed E-state index contributed by atoms with van der Waals surface area (Å²) >= 11 is 7.23. The number of nitro benzene ring substituents is 1. The van der Waals surface area contributed by atoms with Crippen LogP contribution in [-0.2, 0) is 10.5 Å². The lowest BCUT2D eigenvalue weighted by molar-refractivity contribution is -0.384. The van der Waals surface area contributed by atoms with E-state index in [1.54, 1.807) is 18.2 Å². The highest BCUT2D eigenvalue weighted by atomic mass is 35.5. The summed E-state index contributed by atoms with van der Waals surface area (Å²) in [6.07, 6.45) is 0. The van der Waals surface area contributed by atoms with Crippen LogP contribution in [0.4, 0.5) is 11.4 Å². The van der Waals surface area contributed by atoms with Gasteiger partial charge in [-0.05, 0) is 29.8 Å². The molecule has 0 fully saturated rings. The highest BCUT2D eigenvalue weighted by Crippen LogP contribution is 2.27. The predicted octanol–water partition coefficient (Wildman–Crippen LogP) is 3.74. The van der Waals surface area contributed by atoms with E-state index in [-0.39, 0.29) is 17.0 Å². The van der Waals surface area contributed by atoms with Gasteiger partial charge in [0.2, 0.25) is 0 Å². The van der Waals surface area contributed by atoms with Crippen LogP contribution in [-0.4, -0.2) is 38.9 Å². The van der Waals surface area contributed by atoms with E-state index in [2.05, 4.69) is 5.32 Å². The van der Waals surface area contributed by atoms with E-state index in [0.29, 0.717) is 10.8 Å². The van der Waals surface area contributed by atoms with Gasteiger partial charge in [-0.15, -0.1) is 0 Å². The van der Waals surface area contributed by atoms with Gasteiger partial charge in [0.15, 0.2) is 0 Å². The van der Waals surface area contributed by atoms with Crippen LogP contribution in [0.2, 0.25) is 5.02 Å². The maximum absolute atomic E-state index is 11.5. The van der Waals surface area contributed by atoms with E-state index < -0.39 is 28.6 Å². The minimum Gasteiger partial charge on any atom is -0.480 e. The number of nitrogens with one attached hydrogen (secondary N) is 1. The Morgan fingerprint density at radius 2 is 1.96 bits per heavy atom. The molecule has 0 aliphatic carbocycles. The largest absolute Gasteiger partial charge is 0.480 e. The molecule has 3 N–H and O–H groups in total. The van der Waals surface area contributed by atoms with E-state index in [9.17, 15) is 24.8 Å². The van der Waals surface area contributed by atoms with Crippen molar-refractivity contribution in [1.82, 2.24) is 0 Å². The van der Waals surface area contributed by atoms with Crippen molar-refractivity contribution in [2.75, 3.05) is 11.1 Å². The van der Waals surface area contributed by atoms with E-state index in [1.165, 1.54) is 23.9 Å². The van der Waals surface area contributed by atoms with Crippen molar-refractivity contribution in [3.63, 3.8) is 0 Å². The number of nitrogens with zero attached hydrogens (tertiary/aromatic N) is 1. The number of aliphatic carboxylic acids is 1. The summed E-state index contributed by atoms with van der Waals surface area (Å²) in [7, 11) is 0. The molecule has 0 aromatic heterocycles. The van der Waals surface area contributed by atoms with Gasteiger partial charge < -0.3 is 15.5 Å². The number of carboxylic acid groups (broad SMARTS) is 2. The Bertz CT molecular complexity index is 876. The lowest BCUT2D eigenvalue weighted by Gasteiger charge is -2.16. The molecule has 27 heavy (non-hydrogen) atoms. The van der Waals surface area contributed by atoms with Gasteiger partial charge >= 0.3 is 11.9 Å². The van der Waals surface area contributed by atoms with Gasteiger partial charge in [0, 0.05) is 22.6 Å². The zero-order chi connectivity index (χ0) is 20.0.